The smallest absolute Gasteiger partial charge is 0.300 e. The first-order valence-electron chi connectivity index (χ1n) is 8.59. The van der Waals surface area contributed by atoms with Crippen molar-refractivity contribution in [3.05, 3.63) is 82.7 Å². The number of hydrogen-bond donors (Lipinski definition) is 0. The van der Waals surface area contributed by atoms with Crippen molar-refractivity contribution in [1.29, 1.82) is 0 Å². The van der Waals surface area contributed by atoms with Gasteiger partial charge in [0.25, 0.3) is 0 Å². The van der Waals surface area contributed by atoms with Crippen molar-refractivity contribution in [2.75, 3.05) is 12.9 Å². The number of carbonyl (C=O) groups excluding carboxylic acids is 1. The third kappa shape index (κ3) is 3.77. The number of benzene rings is 2. The first-order valence-corrected chi connectivity index (χ1v) is 9.58. The van der Waals surface area contributed by atoms with Gasteiger partial charge in [-0.3, -0.25) is 18.6 Å². The van der Waals surface area contributed by atoms with E-state index in [0.717, 1.165) is 0 Å². The molecule has 7 nitrogen and oxygen atoms in total. The van der Waals surface area contributed by atoms with E-state index in [0.29, 0.717) is 22.2 Å². The van der Waals surface area contributed by atoms with Crippen LogP contribution in [0.2, 0.25) is 0 Å². The molecule has 9 heteroatoms. The summed E-state index contributed by atoms with van der Waals surface area (Å²) in [6.07, 6.45) is 3.13. The van der Waals surface area contributed by atoms with Gasteiger partial charge in [0.1, 0.15) is 11.6 Å². The van der Waals surface area contributed by atoms with Crippen LogP contribution in [-0.2, 0) is 0 Å². The molecule has 0 radical (unpaired) electrons. The molecule has 0 fully saturated rings. The fourth-order valence-electron chi connectivity index (χ4n) is 2.80. The zero-order valence-corrected chi connectivity index (χ0v) is 16.1. The number of hydrogen-bond acceptors (Lipinski definition) is 6. The van der Waals surface area contributed by atoms with Gasteiger partial charge in [0.05, 0.1) is 18.6 Å². The predicted molar refractivity (Wildman–Crippen MR) is 107 cm³/mol. The van der Waals surface area contributed by atoms with Crippen molar-refractivity contribution in [2.45, 2.75) is 5.16 Å². The summed E-state index contributed by atoms with van der Waals surface area (Å²) in [6.45, 7) is 0. The van der Waals surface area contributed by atoms with Gasteiger partial charge in [0.15, 0.2) is 10.9 Å². The molecule has 0 bridgehead atoms. The first-order chi connectivity index (χ1) is 14.1. The number of rotatable bonds is 6. The number of carbonyl (C=O) groups is 1. The van der Waals surface area contributed by atoms with Crippen LogP contribution in [0.3, 0.4) is 0 Å². The molecule has 4 rings (SSSR count). The van der Waals surface area contributed by atoms with E-state index in [1.165, 1.54) is 52.2 Å². The van der Waals surface area contributed by atoms with Crippen LogP contribution in [0, 0.1) is 5.82 Å². The molecule has 4 aromatic rings. The predicted octanol–water partition coefficient (Wildman–Crippen LogP) is 3.00. The van der Waals surface area contributed by atoms with Gasteiger partial charge in [-0.2, -0.15) is 0 Å². The van der Waals surface area contributed by atoms with Crippen LogP contribution < -0.4 is 10.3 Å². The van der Waals surface area contributed by atoms with Gasteiger partial charge < -0.3 is 4.74 Å². The number of aromatic nitrogens is 4. The summed E-state index contributed by atoms with van der Waals surface area (Å²) >= 11 is 1.18. The standard InChI is InChI=1S/C20H15FN4O3S/c1-28-16-7-2-4-13(10-16)17(26)12-29-20-23-22-18-19(27)24(8-9-25(18)20)15-6-3-5-14(21)11-15/h2-11H,12H2,1H3. The van der Waals surface area contributed by atoms with Crippen molar-refractivity contribution in [2.24, 2.45) is 0 Å². The summed E-state index contributed by atoms with van der Waals surface area (Å²) in [7, 11) is 1.54. The highest BCUT2D eigenvalue weighted by Crippen LogP contribution is 2.20. The van der Waals surface area contributed by atoms with E-state index >= 15 is 0 Å². The summed E-state index contributed by atoms with van der Waals surface area (Å²) < 4.78 is 21.4. The zero-order valence-electron chi connectivity index (χ0n) is 15.3. The van der Waals surface area contributed by atoms with Gasteiger partial charge in [0, 0.05) is 18.0 Å². The highest BCUT2D eigenvalue weighted by atomic mass is 32.2. The number of halogens is 1. The Morgan fingerprint density at radius 1 is 1.14 bits per heavy atom. The Kier molecular flexibility index (Phi) is 5.13. The number of ether oxygens (including phenoxy) is 1. The minimum Gasteiger partial charge on any atom is -0.497 e. The number of fused-ring (bicyclic) bond motifs is 1. The lowest BCUT2D eigenvalue weighted by Crippen LogP contribution is -2.20. The Hall–Kier alpha value is -3.46. The minimum absolute atomic E-state index is 0.0908. The normalized spacial score (nSPS) is 11.0. The van der Waals surface area contributed by atoms with Gasteiger partial charge in [0.2, 0.25) is 5.65 Å². The largest absolute Gasteiger partial charge is 0.497 e. The van der Waals surface area contributed by atoms with E-state index in [1.807, 2.05) is 0 Å². The number of thioether (sulfide) groups is 1. The lowest BCUT2D eigenvalue weighted by atomic mass is 10.1. The van der Waals surface area contributed by atoms with Crippen molar-refractivity contribution >= 4 is 23.2 Å². The van der Waals surface area contributed by atoms with Crippen LogP contribution in [0.5, 0.6) is 5.75 Å². The highest BCUT2D eigenvalue weighted by molar-refractivity contribution is 7.99. The van der Waals surface area contributed by atoms with Gasteiger partial charge >= 0.3 is 5.56 Å². The van der Waals surface area contributed by atoms with Gasteiger partial charge in [-0.15, -0.1) is 10.2 Å². The molecular formula is C20H15FN4O3S. The third-order valence-corrected chi connectivity index (χ3v) is 5.19. The molecule has 146 valence electrons. The Bertz CT molecular complexity index is 1270. The van der Waals surface area contributed by atoms with E-state index in [1.54, 1.807) is 36.5 Å². The Balaban J connectivity index is 1.58. The summed E-state index contributed by atoms with van der Waals surface area (Å²) in [4.78, 5) is 25.2. The highest BCUT2D eigenvalue weighted by Gasteiger charge is 2.15. The average Bonchev–Trinajstić information content (AvgIpc) is 3.16. The summed E-state index contributed by atoms with van der Waals surface area (Å²) in [5.74, 6) is 0.189. The maximum atomic E-state index is 13.5. The monoisotopic (exact) mass is 410 g/mol. The van der Waals surface area contributed by atoms with E-state index in [2.05, 4.69) is 10.2 Å². The molecule has 0 saturated carbocycles. The van der Waals surface area contributed by atoms with Gasteiger partial charge in [-0.1, -0.05) is 30.0 Å². The van der Waals surface area contributed by atoms with Crippen molar-refractivity contribution in [3.63, 3.8) is 0 Å². The molecule has 2 heterocycles. The number of ketones is 1. The molecular weight excluding hydrogens is 395 g/mol. The molecule has 0 atom stereocenters. The van der Waals surface area contributed by atoms with Gasteiger partial charge in [-0.25, -0.2) is 4.39 Å². The van der Waals surface area contributed by atoms with Crippen LogP contribution in [0.15, 0.2) is 70.9 Å². The van der Waals surface area contributed by atoms with E-state index in [-0.39, 0.29) is 17.2 Å². The molecule has 0 aliphatic heterocycles. The van der Waals surface area contributed by atoms with Crippen LogP contribution in [0.4, 0.5) is 4.39 Å². The molecule has 29 heavy (non-hydrogen) atoms. The first kappa shape index (κ1) is 18.9. The molecule has 0 aliphatic rings. The van der Waals surface area contributed by atoms with Crippen molar-refractivity contribution < 1.29 is 13.9 Å². The molecule has 2 aromatic heterocycles. The maximum Gasteiger partial charge on any atom is 0.300 e. The van der Waals surface area contributed by atoms with E-state index < -0.39 is 11.4 Å². The second-order valence-electron chi connectivity index (χ2n) is 6.07. The SMILES string of the molecule is COc1cccc(C(=O)CSc2nnc3c(=O)n(-c4cccc(F)c4)ccn23)c1. The molecule has 0 unspecified atom stereocenters. The number of methoxy groups -OCH3 is 1. The molecule has 0 aliphatic carbocycles. The molecule has 2 aromatic carbocycles. The topological polar surface area (TPSA) is 78.5 Å². The Morgan fingerprint density at radius 2 is 1.97 bits per heavy atom. The molecule has 0 amide bonds. The molecule has 0 saturated heterocycles. The second-order valence-corrected chi connectivity index (χ2v) is 7.02. The number of nitrogens with zero attached hydrogens (tertiary/aromatic N) is 4. The Labute approximate surface area is 168 Å². The van der Waals surface area contributed by atoms with Gasteiger partial charge in [-0.05, 0) is 30.3 Å². The lowest BCUT2D eigenvalue weighted by Gasteiger charge is -2.06. The van der Waals surface area contributed by atoms with Crippen LogP contribution in [0.25, 0.3) is 11.3 Å². The summed E-state index contributed by atoms with van der Waals surface area (Å²) in [5, 5.41) is 8.37. The van der Waals surface area contributed by atoms with E-state index in [9.17, 15) is 14.0 Å². The zero-order chi connectivity index (χ0) is 20.4. The molecule has 0 N–H and O–H groups in total. The van der Waals surface area contributed by atoms with E-state index in [4.69, 9.17) is 4.74 Å². The fourth-order valence-corrected chi connectivity index (χ4v) is 3.62. The van der Waals surface area contributed by atoms with Crippen LogP contribution >= 0.6 is 11.8 Å². The van der Waals surface area contributed by atoms with Crippen LogP contribution in [0.1, 0.15) is 10.4 Å². The maximum absolute atomic E-state index is 13.5. The quantitative estimate of drug-likeness (QED) is 0.359. The van der Waals surface area contributed by atoms with Crippen molar-refractivity contribution in [3.8, 4) is 11.4 Å². The summed E-state index contributed by atoms with van der Waals surface area (Å²) in [6, 6.07) is 12.6. The summed E-state index contributed by atoms with van der Waals surface area (Å²) in [5.41, 5.74) is 0.576. The van der Waals surface area contributed by atoms with Crippen LogP contribution in [-0.4, -0.2) is 37.8 Å². The average molecular weight is 410 g/mol. The second kappa shape index (κ2) is 7.88. The fraction of sp³-hybridized carbons (Fsp3) is 0.100. The molecule has 0 spiro atoms. The third-order valence-electron chi connectivity index (χ3n) is 4.25. The minimum atomic E-state index is -0.442. The Morgan fingerprint density at radius 3 is 2.76 bits per heavy atom. The lowest BCUT2D eigenvalue weighted by molar-refractivity contribution is 0.102. The van der Waals surface area contributed by atoms with Crippen molar-refractivity contribution in [1.82, 2.24) is 19.2 Å². The number of Topliss-reactive ketones (excluding diaryl/α,β-unsaturated/α-hetero) is 1.